The van der Waals surface area contributed by atoms with Crippen molar-refractivity contribution in [2.45, 2.75) is 0 Å². The molecule has 3 heteroatoms. The molecule has 0 aromatic heterocycles. The predicted octanol–water partition coefficient (Wildman–Crippen LogP) is 2.16. The summed E-state index contributed by atoms with van der Waals surface area (Å²) in [6, 6.07) is 12.7. The average molecular weight is 287 g/mol. The van der Waals surface area contributed by atoms with Gasteiger partial charge in [-0.05, 0) is 16.8 Å². The molecule has 0 fully saturated rings. The van der Waals surface area contributed by atoms with Gasteiger partial charge in [-0.1, -0.05) is 36.4 Å². The van der Waals surface area contributed by atoms with Gasteiger partial charge in [0.1, 0.15) is 0 Å². The van der Waals surface area contributed by atoms with Crippen molar-refractivity contribution in [3.63, 3.8) is 0 Å². The molecular weight excluding hydrogens is 279 g/mol. The van der Waals surface area contributed by atoms with Gasteiger partial charge < -0.3 is 5.11 Å². The van der Waals surface area contributed by atoms with E-state index in [4.69, 9.17) is 5.11 Å². The molecule has 2 aromatic rings. The Kier molecular flexibility index (Phi) is 3.58. The van der Waals surface area contributed by atoms with Gasteiger partial charge in [0.2, 0.25) is 0 Å². The molecule has 3 radical (unpaired) electrons. The van der Waals surface area contributed by atoms with E-state index in [0.29, 0.717) is 5.56 Å². The van der Waals surface area contributed by atoms with Gasteiger partial charge in [0.15, 0.2) is 0 Å². The molecule has 0 amide bonds. The van der Waals surface area contributed by atoms with E-state index < -0.39 is 5.97 Å². The molecule has 0 saturated heterocycles. The van der Waals surface area contributed by atoms with Gasteiger partial charge in [0, 0.05) is 25.8 Å². The van der Waals surface area contributed by atoms with Crippen molar-refractivity contribution >= 4 is 42.6 Å². The van der Waals surface area contributed by atoms with Crippen LogP contribution in [0.2, 0.25) is 0 Å². The zero-order chi connectivity index (χ0) is 9.26. The Balaban J connectivity index is 0.000000980. The van der Waals surface area contributed by atoms with Crippen molar-refractivity contribution in [3.8, 4) is 0 Å². The van der Waals surface area contributed by atoms with Gasteiger partial charge >= 0.3 is 5.97 Å². The number of hydrogen-bond donors (Lipinski definition) is 1. The molecule has 0 aliphatic rings. The second-order valence-electron chi connectivity index (χ2n) is 2.83. The summed E-state index contributed by atoms with van der Waals surface area (Å²) in [6.45, 7) is 0. The Morgan fingerprint density at radius 1 is 1.00 bits per heavy atom. The van der Waals surface area contributed by atoms with E-state index in [1.54, 1.807) is 12.1 Å². The van der Waals surface area contributed by atoms with Crippen molar-refractivity contribution < 1.29 is 9.90 Å². The summed E-state index contributed by atoms with van der Waals surface area (Å²) in [5.41, 5.74) is 0.359. The first-order chi connectivity index (χ1) is 6.29. The second kappa shape index (κ2) is 4.51. The molecule has 2 rings (SSSR count). The van der Waals surface area contributed by atoms with Crippen LogP contribution < -0.4 is 0 Å². The molecule has 0 bridgehead atoms. The number of aromatic carboxylic acids is 1. The summed E-state index contributed by atoms with van der Waals surface area (Å²) < 4.78 is 0. The minimum atomic E-state index is -0.878. The standard InChI is InChI=1S/C11H8O2.In/c12-11(13)10-7-3-5-8-4-1-2-6-9(8)10;/h1-7H,(H,12,13);. The van der Waals surface area contributed by atoms with E-state index >= 15 is 0 Å². The topological polar surface area (TPSA) is 37.3 Å². The molecule has 0 spiro atoms. The van der Waals surface area contributed by atoms with Crippen LogP contribution in [0.15, 0.2) is 42.5 Å². The number of hydrogen-bond acceptors (Lipinski definition) is 1. The SMILES string of the molecule is O=C(O)c1cccc2ccccc12.[In]. The smallest absolute Gasteiger partial charge is 0.336 e. The summed E-state index contributed by atoms with van der Waals surface area (Å²) in [7, 11) is 0. The monoisotopic (exact) mass is 287 g/mol. The van der Waals surface area contributed by atoms with Gasteiger partial charge in [-0.25, -0.2) is 4.79 Å². The maximum Gasteiger partial charge on any atom is 0.336 e. The van der Waals surface area contributed by atoms with E-state index in [-0.39, 0.29) is 25.8 Å². The fourth-order valence-corrected chi connectivity index (χ4v) is 1.41. The van der Waals surface area contributed by atoms with Gasteiger partial charge in [0.05, 0.1) is 5.56 Å². The Labute approximate surface area is 100 Å². The molecule has 0 aliphatic carbocycles. The summed E-state index contributed by atoms with van der Waals surface area (Å²) in [5, 5.41) is 10.6. The quantitative estimate of drug-likeness (QED) is 0.872. The maximum atomic E-state index is 10.8. The molecule has 0 heterocycles. The maximum absolute atomic E-state index is 10.8. The largest absolute Gasteiger partial charge is 0.478 e. The molecule has 1 N–H and O–H groups in total. The Hall–Kier alpha value is -0.960. The molecular formula is C11H8InO2. The van der Waals surface area contributed by atoms with Crippen LogP contribution >= 0.6 is 0 Å². The number of carboxylic acid groups (broad SMARTS) is 1. The zero-order valence-electron chi connectivity index (χ0n) is 7.47. The average Bonchev–Trinajstić information content (AvgIpc) is 2.17. The van der Waals surface area contributed by atoms with E-state index in [0.717, 1.165) is 10.8 Å². The summed E-state index contributed by atoms with van der Waals surface area (Å²) >= 11 is 0. The summed E-state index contributed by atoms with van der Waals surface area (Å²) in [5.74, 6) is -0.878. The van der Waals surface area contributed by atoms with Crippen LogP contribution in [0, 0.1) is 0 Å². The third-order valence-corrected chi connectivity index (χ3v) is 2.02. The Bertz CT molecular complexity index is 460. The van der Waals surface area contributed by atoms with Gasteiger partial charge in [-0.2, -0.15) is 0 Å². The number of rotatable bonds is 1. The van der Waals surface area contributed by atoms with Gasteiger partial charge in [-0.3, -0.25) is 0 Å². The van der Waals surface area contributed by atoms with Crippen LogP contribution in [-0.2, 0) is 0 Å². The normalized spacial score (nSPS) is 9.43. The first-order valence-electron chi connectivity index (χ1n) is 4.00. The van der Waals surface area contributed by atoms with Crippen LogP contribution in [0.1, 0.15) is 10.4 Å². The minimum Gasteiger partial charge on any atom is -0.478 e. The molecule has 2 aromatic carbocycles. The van der Waals surface area contributed by atoms with Crippen molar-refractivity contribution in [1.29, 1.82) is 0 Å². The summed E-state index contributed by atoms with van der Waals surface area (Å²) in [6.07, 6.45) is 0. The van der Waals surface area contributed by atoms with Gasteiger partial charge in [-0.15, -0.1) is 0 Å². The molecule has 0 unspecified atom stereocenters. The number of fused-ring (bicyclic) bond motifs is 1. The zero-order valence-corrected chi connectivity index (χ0v) is 10.8. The third kappa shape index (κ3) is 1.93. The Morgan fingerprint density at radius 2 is 1.64 bits per heavy atom. The number of carbonyl (C=O) groups is 1. The fraction of sp³-hybridized carbons (Fsp3) is 0. The fourth-order valence-electron chi connectivity index (χ4n) is 1.41. The van der Waals surface area contributed by atoms with Crippen LogP contribution in [-0.4, -0.2) is 36.9 Å². The van der Waals surface area contributed by atoms with E-state index in [9.17, 15) is 4.79 Å². The predicted molar refractivity (Wildman–Crippen MR) is 56.7 cm³/mol. The number of carboxylic acids is 1. The van der Waals surface area contributed by atoms with E-state index in [1.165, 1.54) is 0 Å². The van der Waals surface area contributed by atoms with E-state index in [1.807, 2.05) is 30.3 Å². The molecule has 0 atom stereocenters. The molecule has 14 heavy (non-hydrogen) atoms. The molecule has 2 nitrogen and oxygen atoms in total. The van der Waals surface area contributed by atoms with E-state index in [2.05, 4.69) is 0 Å². The summed E-state index contributed by atoms with van der Waals surface area (Å²) in [4.78, 5) is 10.8. The van der Waals surface area contributed by atoms with Crippen LogP contribution in [0.4, 0.5) is 0 Å². The Morgan fingerprint density at radius 3 is 2.36 bits per heavy atom. The molecule has 0 aliphatic heterocycles. The van der Waals surface area contributed by atoms with Crippen LogP contribution in [0.3, 0.4) is 0 Å². The van der Waals surface area contributed by atoms with Gasteiger partial charge in [0.25, 0.3) is 0 Å². The number of benzene rings is 2. The minimum absolute atomic E-state index is 0. The van der Waals surface area contributed by atoms with Crippen LogP contribution in [0.5, 0.6) is 0 Å². The van der Waals surface area contributed by atoms with Crippen LogP contribution in [0.25, 0.3) is 10.8 Å². The van der Waals surface area contributed by atoms with Crippen molar-refractivity contribution in [2.24, 2.45) is 0 Å². The van der Waals surface area contributed by atoms with Crippen molar-refractivity contribution in [2.75, 3.05) is 0 Å². The molecule has 67 valence electrons. The first-order valence-corrected chi connectivity index (χ1v) is 4.00. The third-order valence-electron chi connectivity index (χ3n) is 2.02. The second-order valence-corrected chi connectivity index (χ2v) is 2.83. The van der Waals surface area contributed by atoms with Crippen molar-refractivity contribution in [1.82, 2.24) is 0 Å². The molecule has 0 saturated carbocycles. The first kappa shape index (κ1) is 11.1. The van der Waals surface area contributed by atoms with Crippen molar-refractivity contribution in [3.05, 3.63) is 48.0 Å².